The molecule has 1 aromatic carbocycles. The SMILES string of the molecule is CC(CO)(CO)NC(=O)Cc1ccc(Cl)cc1Cl. The number of amides is 1. The molecule has 0 saturated carbocycles. The number of hydrogen-bond donors (Lipinski definition) is 3. The van der Waals surface area contributed by atoms with Crippen molar-refractivity contribution in [3.63, 3.8) is 0 Å². The van der Waals surface area contributed by atoms with Crippen LogP contribution in [0.4, 0.5) is 0 Å². The van der Waals surface area contributed by atoms with Crippen molar-refractivity contribution < 1.29 is 15.0 Å². The van der Waals surface area contributed by atoms with Gasteiger partial charge in [-0.1, -0.05) is 29.3 Å². The maximum atomic E-state index is 11.8. The first kappa shape index (κ1) is 15.2. The third kappa shape index (κ3) is 4.14. The first-order valence-electron chi connectivity index (χ1n) is 5.37. The quantitative estimate of drug-likeness (QED) is 0.768. The van der Waals surface area contributed by atoms with E-state index in [-0.39, 0.29) is 25.5 Å². The second kappa shape index (κ2) is 6.38. The van der Waals surface area contributed by atoms with Gasteiger partial charge < -0.3 is 15.5 Å². The highest BCUT2D eigenvalue weighted by atomic mass is 35.5. The molecule has 0 aliphatic heterocycles. The van der Waals surface area contributed by atoms with Gasteiger partial charge in [-0.2, -0.15) is 0 Å². The van der Waals surface area contributed by atoms with Crippen molar-refractivity contribution in [1.29, 1.82) is 0 Å². The molecule has 4 nitrogen and oxygen atoms in total. The number of halogens is 2. The Hall–Kier alpha value is -0.810. The molecule has 0 radical (unpaired) electrons. The topological polar surface area (TPSA) is 69.6 Å². The largest absolute Gasteiger partial charge is 0.394 e. The molecule has 0 fully saturated rings. The van der Waals surface area contributed by atoms with Crippen LogP contribution < -0.4 is 5.32 Å². The molecule has 100 valence electrons. The van der Waals surface area contributed by atoms with Crippen molar-refractivity contribution in [3.05, 3.63) is 33.8 Å². The zero-order valence-electron chi connectivity index (χ0n) is 9.91. The second-order valence-corrected chi connectivity index (χ2v) is 5.18. The summed E-state index contributed by atoms with van der Waals surface area (Å²) >= 11 is 11.7. The summed E-state index contributed by atoms with van der Waals surface area (Å²) in [4.78, 5) is 11.8. The zero-order valence-corrected chi connectivity index (χ0v) is 11.4. The van der Waals surface area contributed by atoms with E-state index in [1.54, 1.807) is 25.1 Å². The average molecular weight is 292 g/mol. The Balaban J connectivity index is 2.70. The normalized spacial score (nSPS) is 11.4. The van der Waals surface area contributed by atoms with Crippen LogP contribution in [0.15, 0.2) is 18.2 Å². The molecule has 1 aromatic rings. The smallest absolute Gasteiger partial charge is 0.225 e. The number of benzene rings is 1. The molecule has 0 unspecified atom stereocenters. The lowest BCUT2D eigenvalue weighted by molar-refractivity contribution is -0.123. The molecule has 0 heterocycles. The van der Waals surface area contributed by atoms with Gasteiger partial charge in [0.1, 0.15) is 0 Å². The summed E-state index contributed by atoms with van der Waals surface area (Å²) in [5.74, 6) is -0.329. The van der Waals surface area contributed by atoms with Gasteiger partial charge in [0.25, 0.3) is 0 Å². The minimum Gasteiger partial charge on any atom is -0.394 e. The Morgan fingerprint density at radius 2 is 1.94 bits per heavy atom. The van der Waals surface area contributed by atoms with Crippen LogP contribution in [0.3, 0.4) is 0 Å². The fourth-order valence-electron chi connectivity index (χ4n) is 1.35. The van der Waals surface area contributed by atoms with E-state index in [9.17, 15) is 4.79 Å². The number of aliphatic hydroxyl groups is 2. The number of hydrogen-bond acceptors (Lipinski definition) is 3. The van der Waals surface area contributed by atoms with Gasteiger partial charge in [-0.05, 0) is 24.6 Å². The fourth-order valence-corrected chi connectivity index (χ4v) is 1.82. The minimum absolute atomic E-state index is 0.0611. The predicted molar refractivity (Wildman–Crippen MR) is 70.9 cm³/mol. The van der Waals surface area contributed by atoms with Crippen LogP contribution in [0.25, 0.3) is 0 Å². The second-order valence-electron chi connectivity index (χ2n) is 4.34. The highest BCUT2D eigenvalue weighted by Gasteiger charge is 2.24. The van der Waals surface area contributed by atoms with E-state index >= 15 is 0 Å². The van der Waals surface area contributed by atoms with Gasteiger partial charge in [-0.25, -0.2) is 0 Å². The molecule has 3 N–H and O–H groups in total. The fraction of sp³-hybridized carbons (Fsp3) is 0.417. The van der Waals surface area contributed by atoms with Crippen molar-refractivity contribution in [1.82, 2.24) is 5.32 Å². The molecular formula is C12H15Cl2NO3. The Bertz CT molecular complexity index is 433. The van der Waals surface area contributed by atoms with E-state index in [0.717, 1.165) is 0 Å². The van der Waals surface area contributed by atoms with Crippen LogP contribution in [0.2, 0.25) is 10.0 Å². The molecule has 0 spiro atoms. The molecule has 0 atom stereocenters. The summed E-state index contributed by atoms with van der Waals surface area (Å²) in [7, 11) is 0. The summed E-state index contributed by atoms with van der Waals surface area (Å²) in [5.41, 5.74) is -0.396. The number of nitrogens with one attached hydrogen (secondary N) is 1. The Morgan fingerprint density at radius 3 is 2.44 bits per heavy atom. The maximum absolute atomic E-state index is 11.8. The standard InChI is InChI=1S/C12H15Cl2NO3/c1-12(6-16,7-17)15-11(18)4-8-2-3-9(13)5-10(8)14/h2-3,5,16-17H,4,6-7H2,1H3,(H,15,18). The molecule has 18 heavy (non-hydrogen) atoms. The number of carbonyl (C=O) groups is 1. The molecular weight excluding hydrogens is 277 g/mol. The third-order valence-electron chi connectivity index (χ3n) is 2.51. The van der Waals surface area contributed by atoms with Crippen LogP contribution in [0, 0.1) is 0 Å². The molecule has 1 rings (SSSR count). The van der Waals surface area contributed by atoms with Crippen LogP contribution in [-0.2, 0) is 11.2 Å². The van der Waals surface area contributed by atoms with E-state index in [2.05, 4.69) is 5.32 Å². The van der Waals surface area contributed by atoms with Crippen LogP contribution >= 0.6 is 23.2 Å². The van der Waals surface area contributed by atoms with Crippen molar-refractivity contribution in [3.8, 4) is 0 Å². The highest BCUT2D eigenvalue weighted by Crippen LogP contribution is 2.21. The lowest BCUT2D eigenvalue weighted by Gasteiger charge is -2.26. The van der Waals surface area contributed by atoms with Gasteiger partial charge in [0, 0.05) is 10.0 Å². The van der Waals surface area contributed by atoms with E-state index in [1.165, 1.54) is 0 Å². The number of carbonyl (C=O) groups excluding carboxylic acids is 1. The van der Waals surface area contributed by atoms with Gasteiger partial charge in [0.2, 0.25) is 5.91 Å². The summed E-state index contributed by atoms with van der Waals surface area (Å²) < 4.78 is 0. The first-order chi connectivity index (χ1) is 8.40. The van der Waals surface area contributed by atoms with E-state index in [0.29, 0.717) is 15.6 Å². The lowest BCUT2D eigenvalue weighted by Crippen LogP contribution is -2.52. The summed E-state index contributed by atoms with van der Waals surface area (Å²) in [6.45, 7) is 0.863. The highest BCUT2D eigenvalue weighted by molar-refractivity contribution is 6.35. The molecule has 1 amide bonds. The summed E-state index contributed by atoms with van der Waals surface area (Å²) in [6.07, 6.45) is 0.0611. The Kier molecular flexibility index (Phi) is 5.41. The Labute approximate surface area is 116 Å². The zero-order chi connectivity index (χ0) is 13.8. The lowest BCUT2D eigenvalue weighted by atomic mass is 10.0. The van der Waals surface area contributed by atoms with Crippen molar-refractivity contribution >= 4 is 29.1 Å². The summed E-state index contributed by atoms with van der Waals surface area (Å²) in [5, 5.41) is 21.6. The third-order valence-corrected chi connectivity index (χ3v) is 3.09. The molecule has 6 heteroatoms. The average Bonchev–Trinajstić information content (AvgIpc) is 2.32. The molecule has 0 bridgehead atoms. The van der Waals surface area contributed by atoms with Gasteiger partial charge in [-0.3, -0.25) is 4.79 Å². The van der Waals surface area contributed by atoms with Crippen LogP contribution in [0.1, 0.15) is 12.5 Å². The summed E-state index contributed by atoms with van der Waals surface area (Å²) in [6, 6.07) is 4.87. The van der Waals surface area contributed by atoms with Crippen LogP contribution in [-0.4, -0.2) is 34.9 Å². The molecule has 0 aliphatic rings. The van der Waals surface area contributed by atoms with E-state index in [4.69, 9.17) is 33.4 Å². The van der Waals surface area contributed by atoms with Crippen molar-refractivity contribution in [2.75, 3.05) is 13.2 Å². The van der Waals surface area contributed by atoms with Crippen LogP contribution in [0.5, 0.6) is 0 Å². The van der Waals surface area contributed by atoms with Gasteiger partial charge >= 0.3 is 0 Å². The first-order valence-corrected chi connectivity index (χ1v) is 6.12. The molecule has 0 aromatic heterocycles. The molecule has 0 saturated heterocycles. The minimum atomic E-state index is -1.03. The molecule has 0 aliphatic carbocycles. The van der Waals surface area contributed by atoms with Crippen molar-refractivity contribution in [2.45, 2.75) is 18.9 Å². The van der Waals surface area contributed by atoms with Gasteiger partial charge in [-0.15, -0.1) is 0 Å². The van der Waals surface area contributed by atoms with E-state index < -0.39 is 5.54 Å². The van der Waals surface area contributed by atoms with Crippen molar-refractivity contribution in [2.24, 2.45) is 0 Å². The monoisotopic (exact) mass is 291 g/mol. The predicted octanol–water partition coefficient (Wildman–Crippen LogP) is 1.40. The Morgan fingerprint density at radius 1 is 1.33 bits per heavy atom. The number of rotatable bonds is 5. The van der Waals surface area contributed by atoms with Gasteiger partial charge in [0.15, 0.2) is 0 Å². The maximum Gasteiger partial charge on any atom is 0.225 e. The number of aliphatic hydroxyl groups excluding tert-OH is 2. The van der Waals surface area contributed by atoms with Gasteiger partial charge in [0.05, 0.1) is 25.2 Å². The van der Waals surface area contributed by atoms with E-state index in [1.807, 2.05) is 0 Å².